The normalized spacial score (nSPS) is 10.7. The van der Waals surface area contributed by atoms with E-state index >= 15 is 0 Å². The summed E-state index contributed by atoms with van der Waals surface area (Å²) in [6.07, 6.45) is 1.54. The van der Waals surface area contributed by atoms with E-state index in [0.29, 0.717) is 17.4 Å². The minimum absolute atomic E-state index is 0.190. The van der Waals surface area contributed by atoms with Gasteiger partial charge in [0, 0.05) is 20.6 Å². The fourth-order valence-corrected chi connectivity index (χ4v) is 2.07. The molecule has 82 valence electrons. The van der Waals surface area contributed by atoms with Crippen molar-refractivity contribution in [3.8, 4) is 0 Å². The van der Waals surface area contributed by atoms with E-state index in [1.165, 1.54) is 0 Å². The van der Waals surface area contributed by atoms with Crippen LogP contribution in [-0.4, -0.2) is 5.78 Å². The molecule has 0 unspecified atom stereocenters. The average Bonchev–Trinajstić information content (AvgIpc) is 2.18. The lowest BCUT2D eigenvalue weighted by molar-refractivity contribution is 0.0974. The topological polar surface area (TPSA) is 17.1 Å². The van der Waals surface area contributed by atoms with Crippen LogP contribution in [0.2, 0.25) is 5.02 Å². The zero-order valence-corrected chi connectivity index (χ0v) is 11.8. The smallest absolute Gasteiger partial charge is 0.164 e. The van der Waals surface area contributed by atoms with Gasteiger partial charge in [0.05, 0.1) is 0 Å². The van der Waals surface area contributed by atoms with Gasteiger partial charge in [0.25, 0.3) is 0 Å². The van der Waals surface area contributed by atoms with Crippen LogP contribution in [0.25, 0.3) is 0 Å². The molecule has 0 bridgehead atoms. The lowest BCUT2D eigenvalue weighted by Gasteiger charge is -2.06. The van der Waals surface area contributed by atoms with E-state index < -0.39 is 0 Å². The first kappa shape index (κ1) is 13.0. The number of Topliss-reactive ketones (excluding diaryl/α,β-unsaturated/α-hetero) is 1. The highest BCUT2D eigenvalue weighted by molar-refractivity contribution is 14.1. The van der Waals surface area contributed by atoms with E-state index in [2.05, 4.69) is 36.4 Å². The highest BCUT2D eigenvalue weighted by Crippen LogP contribution is 2.20. The van der Waals surface area contributed by atoms with Crippen molar-refractivity contribution in [2.45, 2.75) is 26.7 Å². The molecule has 0 aliphatic carbocycles. The molecule has 0 radical (unpaired) electrons. The van der Waals surface area contributed by atoms with Crippen molar-refractivity contribution in [2.24, 2.45) is 5.92 Å². The van der Waals surface area contributed by atoms with Gasteiger partial charge in [-0.2, -0.15) is 0 Å². The van der Waals surface area contributed by atoms with E-state index in [1.807, 2.05) is 12.1 Å². The number of hydrogen-bond acceptors (Lipinski definition) is 1. The molecule has 1 aromatic carbocycles. The lowest BCUT2D eigenvalue weighted by atomic mass is 10.0. The number of hydrogen-bond donors (Lipinski definition) is 0. The summed E-state index contributed by atoms with van der Waals surface area (Å²) in [5.41, 5.74) is 0.753. The number of rotatable bonds is 4. The van der Waals surface area contributed by atoms with E-state index in [1.54, 1.807) is 6.07 Å². The summed E-state index contributed by atoms with van der Waals surface area (Å²) in [5.74, 6) is 0.751. The molecule has 15 heavy (non-hydrogen) atoms. The quantitative estimate of drug-likeness (QED) is 0.582. The number of halogens is 2. The second-order valence-electron chi connectivity index (χ2n) is 3.98. The Morgan fingerprint density at radius 3 is 2.73 bits per heavy atom. The summed E-state index contributed by atoms with van der Waals surface area (Å²) in [5, 5.41) is 0.628. The maximum absolute atomic E-state index is 11.9. The molecule has 1 nitrogen and oxygen atoms in total. The van der Waals surface area contributed by atoms with Gasteiger partial charge in [0.2, 0.25) is 0 Å². The zero-order valence-electron chi connectivity index (χ0n) is 8.89. The van der Waals surface area contributed by atoms with E-state index in [0.717, 1.165) is 15.6 Å². The molecule has 0 saturated heterocycles. The van der Waals surface area contributed by atoms with Crippen LogP contribution >= 0.6 is 34.2 Å². The molecule has 1 aromatic rings. The van der Waals surface area contributed by atoms with Gasteiger partial charge in [-0.1, -0.05) is 25.4 Å². The summed E-state index contributed by atoms with van der Waals surface area (Å²) in [6, 6.07) is 5.44. The van der Waals surface area contributed by atoms with Crippen LogP contribution in [0.3, 0.4) is 0 Å². The largest absolute Gasteiger partial charge is 0.294 e. The summed E-state index contributed by atoms with van der Waals surface area (Å²) in [4.78, 5) is 11.9. The maximum Gasteiger partial charge on any atom is 0.164 e. The average molecular weight is 337 g/mol. The first-order valence-electron chi connectivity index (χ1n) is 4.99. The van der Waals surface area contributed by atoms with Crippen LogP contribution in [0.1, 0.15) is 37.0 Å². The van der Waals surface area contributed by atoms with E-state index in [4.69, 9.17) is 11.6 Å². The Balaban J connectivity index is 2.77. The number of carbonyl (C=O) groups excluding carboxylic acids is 1. The van der Waals surface area contributed by atoms with Crippen LogP contribution in [0.15, 0.2) is 18.2 Å². The monoisotopic (exact) mass is 336 g/mol. The van der Waals surface area contributed by atoms with Gasteiger partial charge < -0.3 is 0 Å². The third-order valence-corrected chi connectivity index (χ3v) is 3.35. The fraction of sp³-hybridized carbons (Fsp3) is 0.417. The molecule has 0 aliphatic heterocycles. The number of ketones is 1. The molecule has 0 N–H and O–H groups in total. The van der Waals surface area contributed by atoms with Gasteiger partial charge in [0.15, 0.2) is 5.78 Å². The van der Waals surface area contributed by atoms with Gasteiger partial charge in [-0.15, -0.1) is 0 Å². The Bertz CT molecular complexity index is 361. The molecule has 0 aromatic heterocycles. The molecular weight excluding hydrogens is 322 g/mol. The molecule has 0 saturated carbocycles. The van der Waals surface area contributed by atoms with Gasteiger partial charge in [-0.05, 0) is 53.1 Å². The molecule has 0 fully saturated rings. The summed E-state index contributed by atoms with van der Waals surface area (Å²) < 4.78 is 0.978. The van der Waals surface area contributed by atoms with Crippen LogP contribution in [-0.2, 0) is 0 Å². The summed E-state index contributed by atoms with van der Waals surface area (Å²) >= 11 is 8.04. The molecule has 1 rings (SSSR count). The Kier molecular flexibility index (Phi) is 5.06. The van der Waals surface area contributed by atoms with E-state index in [9.17, 15) is 4.79 Å². The van der Waals surface area contributed by atoms with Crippen LogP contribution in [0, 0.1) is 9.49 Å². The van der Waals surface area contributed by atoms with Crippen molar-refractivity contribution in [3.63, 3.8) is 0 Å². The standard InChI is InChI=1S/C12H14ClIO/c1-8(2)3-6-12(15)10-7-9(13)4-5-11(10)14/h4-5,7-8H,3,6H2,1-2H3. The van der Waals surface area contributed by atoms with Gasteiger partial charge in [0.1, 0.15) is 0 Å². The predicted molar refractivity (Wildman–Crippen MR) is 72.6 cm³/mol. The Labute approximate surface area is 109 Å². The molecule has 0 aliphatic rings. The van der Waals surface area contributed by atoms with Gasteiger partial charge in [-0.25, -0.2) is 0 Å². The molecule has 0 atom stereocenters. The highest BCUT2D eigenvalue weighted by Gasteiger charge is 2.10. The minimum atomic E-state index is 0.190. The van der Waals surface area contributed by atoms with Gasteiger partial charge in [-0.3, -0.25) is 4.79 Å². The Hall–Kier alpha value is -0.0900. The maximum atomic E-state index is 11.9. The van der Waals surface area contributed by atoms with Crippen molar-refractivity contribution in [3.05, 3.63) is 32.4 Å². The van der Waals surface area contributed by atoms with Crippen LogP contribution in [0.5, 0.6) is 0 Å². The third-order valence-electron chi connectivity index (χ3n) is 2.18. The molecule has 0 amide bonds. The van der Waals surface area contributed by atoms with Crippen molar-refractivity contribution < 1.29 is 4.79 Å². The van der Waals surface area contributed by atoms with Crippen molar-refractivity contribution in [1.82, 2.24) is 0 Å². The third kappa shape index (κ3) is 4.11. The van der Waals surface area contributed by atoms with Gasteiger partial charge >= 0.3 is 0 Å². The number of benzene rings is 1. The second-order valence-corrected chi connectivity index (χ2v) is 5.58. The van der Waals surface area contributed by atoms with E-state index in [-0.39, 0.29) is 5.78 Å². The highest BCUT2D eigenvalue weighted by atomic mass is 127. The minimum Gasteiger partial charge on any atom is -0.294 e. The predicted octanol–water partition coefficient (Wildman–Crippen LogP) is 4.56. The van der Waals surface area contributed by atoms with Crippen molar-refractivity contribution in [2.75, 3.05) is 0 Å². The molecule has 3 heteroatoms. The van der Waals surface area contributed by atoms with Crippen molar-refractivity contribution >= 4 is 40.0 Å². The van der Waals surface area contributed by atoms with Crippen LogP contribution in [0.4, 0.5) is 0 Å². The molecular formula is C12H14ClIO. The molecule has 0 heterocycles. The van der Waals surface area contributed by atoms with Crippen molar-refractivity contribution in [1.29, 1.82) is 0 Å². The first-order chi connectivity index (χ1) is 7.00. The SMILES string of the molecule is CC(C)CCC(=O)c1cc(Cl)ccc1I. The van der Waals surface area contributed by atoms with Crippen LogP contribution < -0.4 is 0 Å². The second kappa shape index (κ2) is 5.85. The first-order valence-corrected chi connectivity index (χ1v) is 6.44. The Morgan fingerprint density at radius 1 is 1.47 bits per heavy atom. The fourth-order valence-electron chi connectivity index (χ4n) is 1.27. The lowest BCUT2D eigenvalue weighted by Crippen LogP contribution is -2.03. The number of carbonyl (C=O) groups is 1. The summed E-state index contributed by atoms with van der Waals surface area (Å²) in [6.45, 7) is 4.24. The molecule has 0 spiro atoms. The zero-order chi connectivity index (χ0) is 11.4. The summed E-state index contributed by atoms with van der Waals surface area (Å²) in [7, 11) is 0. The Morgan fingerprint density at radius 2 is 2.13 bits per heavy atom.